The first-order chi connectivity index (χ1) is 9.47. The van der Waals surface area contributed by atoms with Gasteiger partial charge in [-0.2, -0.15) is 0 Å². The minimum Gasteiger partial charge on any atom is -0.409 e. The van der Waals surface area contributed by atoms with E-state index in [1.54, 1.807) is 13.0 Å². The maximum atomic E-state index is 12.2. The van der Waals surface area contributed by atoms with Crippen LogP contribution in [0.2, 0.25) is 0 Å². The van der Waals surface area contributed by atoms with Crippen molar-refractivity contribution in [3.05, 3.63) is 17.5 Å². The molecule has 20 heavy (non-hydrogen) atoms. The Balaban J connectivity index is 2.18. The average Bonchev–Trinajstić information content (AvgIpc) is 2.87. The molecule has 1 aromatic rings. The normalized spacial score (nSPS) is 19.8. The number of carbonyl (C=O) groups is 1. The summed E-state index contributed by atoms with van der Waals surface area (Å²) in [4.78, 5) is 14.3. The minimum atomic E-state index is -0.842. The summed E-state index contributed by atoms with van der Waals surface area (Å²) in [6, 6.07) is 1.55. The van der Waals surface area contributed by atoms with Crippen LogP contribution in [0.1, 0.15) is 29.1 Å². The van der Waals surface area contributed by atoms with E-state index in [9.17, 15) is 4.79 Å². The van der Waals surface area contributed by atoms with Crippen molar-refractivity contribution in [2.24, 2.45) is 10.9 Å². The Hall–Kier alpha value is -2.09. The van der Waals surface area contributed by atoms with Gasteiger partial charge in [-0.25, -0.2) is 0 Å². The second-order valence-corrected chi connectivity index (χ2v) is 5.15. The zero-order valence-corrected chi connectivity index (χ0v) is 11.6. The lowest BCUT2D eigenvalue weighted by atomic mass is 9.86. The van der Waals surface area contributed by atoms with E-state index >= 15 is 0 Å². The Bertz CT molecular complexity index is 517. The number of piperidine rings is 1. The third-order valence-electron chi connectivity index (χ3n) is 3.65. The molecule has 0 bridgehead atoms. The summed E-state index contributed by atoms with van der Waals surface area (Å²) in [5.74, 6) is 0.175. The van der Waals surface area contributed by atoms with Crippen LogP contribution in [-0.4, -0.2) is 52.7 Å². The fourth-order valence-electron chi connectivity index (χ4n) is 2.30. The van der Waals surface area contributed by atoms with Crippen molar-refractivity contribution in [3.63, 3.8) is 0 Å². The van der Waals surface area contributed by atoms with Crippen molar-refractivity contribution >= 4 is 11.7 Å². The number of nitrogens with one attached hydrogen (secondary N) is 1. The van der Waals surface area contributed by atoms with Gasteiger partial charge in [0.05, 0.1) is 0 Å². The molecule has 0 atom stereocenters. The quantitative estimate of drug-likeness (QED) is 0.309. The highest BCUT2D eigenvalue weighted by Crippen LogP contribution is 2.22. The Kier molecular flexibility index (Phi) is 3.93. The minimum absolute atomic E-state index is 0.0131. The molecule has 0 aromatic carbocycles. The molecule has 1 fully saturated rings. The molecule has 110 valence electrons. The molecule has 2 heterocycles. The van der Waals surface area contributed by atoms with E-state index in [0.29, 0.717) is 18.6 Å². The predicted molar refractivity (Wildman–Crippen MR) is 71.6 cm³/mol. The first kappa shape index (κ1) is 14.3. The summed E-state index contributed by atoms with van der Waals surface area (Å²) >= 11 is 0. The number of hydrogen-bond acceptors (Lipinski definition) is 6. The third kappa shape index (κ3) is 2.74. The van der Waals surface area contributed by atoms with Gasteiger partial charge in [0.2, 0.25) is 0 Å². The van der Waals surface area contributed by atoms with Gasteiger partial charge in [0, 0.05) is 19.2 Å². The molecule has 2 rings (SSSR count). The largest absolute Gasteiger partial charge is 0.409 e. The van der Waals surface area contributed by atoms with E-state index in [4.69, 9.17) is 15.5 Å². The number of hydrogen-bond donors (Lipinski definition) is 3. The van der Waals surface area contributed by atoms with E-state index in [0.717, 1.165) is 13.1 Å². The third-order valence-corrected chi connectivity index (χ3v) is 3.65. The van der Waals surface area contributed by atoms with Gasteiger partial charge in [0.25, 0.3) is 5.91 Å². The van der Waals surface area contributed by atoms with E-state index in [1.165, 1.54) is 0 Å². The summed E-state index contributed by atoms with van der Waals surface area (Å²) in [5.41, 5.74) is 5.13. The van der Waals surface area contributed by atoms with Crippen LogP contribution in [0.5, 0.6) is 0 Å². The molecule has 8 heteroatoms. The Labute approximate surface area is 116 Å². The second kappa shape index (κ2) is 5.49. The predicted octanol–water partition coefficient (Wildman–Crippen LogP) is -0.0764. The Morgan fingerprint density at radius 1 is 1.60 bits per heavy atom. The monoisotopic (exact) mass is 281 g/mol. The Morgan fingerprint density at radius 3 is 2.75 bits per heavy atom. The lowest BCUT2D eigenvalue weighted by Crippen LogP contribution is -2.62. The van der Waals surface area contributed by atoms with Crippen molar-refractivity contribution in [2.45, 2.75) is 25.3 Å². The molecule has 0 aliphatic carbocycles. The van der Waals surface area contributed by atoms with Gasteiger partial charge in [0.1, 0.15) is 11.3 Å². The number of aryl methyl sites for hydroxylation is 1. The van der Waals surface area contributed by atoms with Gasteiger partial charge in [-0.05, 0) is 26.8 Å². The first-order valence-corrected chi connectivity index (χ1v) is 6.39. The highest BCUT2D eigenvalue weighted by atomic mass is 16.5. The van der Waals surface area contributed by atoms with Crippen LogP contribution in [0, 0.1) is 6.92 Å². The summed E-state index contributed by atoms with van der Waals surface area (Å²) in [6.07, 6.45) is 1.14. The molecular formula is C12H19N5O3. The Morgan fingerprint density at radius 2 is 2.25 bits per heavy atom. The summed E-state index contributed by atoms with van der Waals surface area (Å²) < 4.78 is 4.88. The number of oxime groups is 1. The maximum absolute atomic E-state index is 12.2. The van der Waals surface area contributed by atoms with Crippen LogP contribution in [0.25, 0.3) is 0 Å². The molecule has 0 radical (unpaired) electrons. The number of rotatable bonds is 3. The van der Waals surface area contributed by atoms with Gasteiger partial charge < -0.3 is 25.7 Å². The number of aromatic nitrogens is 1. The summed E-state index contributed by atoms with van der Waals surface area (Å²) in [5, 5.41) is 18.5. The zero-order chi connectivity index (χ0) is 14.8. The maximum Gasteiger partial charge on any atom is 0.274 e. The molecule has 1 saturated heterocycles. The van der Waals surface area contributed by atoms with Crippen LogP contribution in [0.3, 0.4) is 0 Å². The molecule has 0 saturated carbocycles. The van der Waals surface area contributed by atoms with Crippen molar-refractivity contribution in [3.8, 4) is 0 Å². The smallest absolute Gasteiger partial charge is 0.274 e. The fraction of sp³-hybridized carbons (Fsp3) is 0.583. The van der Waals surface area contributed by atoms with Crippen molar-refractivity contribution < 1.29 is 14.5 Å². The molecule has 4 N–H and O–H groups in total. The number of likely N-dealkylation sites (tertiary alicyclic amines) is 1. The van der Waals surface area contributed by atoms with Gasteiger partial charge in [-0.1, -0.05) is 10.3 Å². The number of amidine groups is 1. The first-order valence-electron chi connectivity index (χ1n) is 6.39. The van der Waals surface area contributed by atoms with Gasteiger partial charge in [-0.3, -0.25) is 4.79 Å². The van der Waals surface area contributed by atoms with Crippen LogP contribution in [0.4, 0.5) is 0 Å². The van der Waals surface area contributed by atoms with Crippen LogP contribution in [-0.2, 0) is 0 Å². The van der Waals surface area contributed by atoms with Crippen molar-refractivity contribution in [2.75, 3.05) is 20.1 Å². The molecule has 1 amide bonds. The molecule has 0 spiro atoms. The number of amides is 1. The standard InChI is InChI=1S/C12H19N5O3/c1-8-7-9(16-20-8)10(18)14-12(11(13)15-19)3-5-17(2)6-4-12/h7,19H,3-6H2,1-2H3,(H2,13,15)(H,14,18). The summed E-state index contributed by atoms with van der Waals surface area (Å²) in [7, 11) is 1.99. The van der Waals surface area contributed by atoms with Gasteiger partial charge in [0.15, 0.2) is 11.5 Å². The topological polar surface area (TPSA) is 117 Å². The van der Waals surface area contributed by atoms with Gasteiger partial charge in [-0.15, -0.1) is 0 Å². The highest BCUT2D eigenvalue weighted by molar-refractivity contribution is 5.99. The fourth-order valence-corrected chi connectivity index (χ4v) is 2.30. The number of carbonyl (C=O) groups excluding carboxylic acids is 1. The lowest BCUT2D eigenvalue weighted by Gasteiger charge is -2.39. The van der Waals surface area contributed by atoms with Crippen molar-refractivity contribution in [1.82, 2.24) is 15.4 Å². The van der Waals surface area contributed by atoms with Crippen LogP contribution >= 0.6 is 0 Å². The van der Waals surface area contributed by atoms with Crippen LogP contribution in [0.15, 0.2) is 15.7 Å². The number of nitrogens with zero attached hydrogens (tertiary/aromatic N) is 3. The van der Waals surface area contributed by atoms with Crippen molar-refractivity contribution in [1.29, 1.82) is 0 Å². The molecular weight excluding hydrogens is 262 g/mol. The zero-order valence-electron chi connectivity index (χ0n) is 11.6. The molecule has 8 nitrogen and oxygen atoms in total. The molecule has 1 aliphatic rings. The van der Waals surface area contributed by atoms with E-state index in [-0.39, 0.29) is 11.5 Å². The SMILES string of the molecule is Cc1cc(C(=O)NC2(C(N)=NO)CCN(C)CC2)no1. The van der Waals surface area contributed by atoms with E-state index in [1.807, 2.05) is 7.05 Å². The lowest BCUT2D eigenvalue weighted by molar-refractivity contribution is 0.0877. The molecule has 1 aromatic heterocycles. The van der Waals surface area contributed by atoms with E-state index < -0.39 is 11.4 Å². The molecule has 1 aliphatic heterocycles. The summed E-state index contributed by atoms with van der Waals surface area (Å²) in [6.45, 7) is 3.20. The average molecular weight is 281 g/mol. The van der Waals surface area contributed by atoms with E-state index in [2.05, 4.69) is 20.5 Å². The van der Waals surface area contributed by atoms with Gasteiger partial charge >= 0.3 is 0 Å². The second-order valence-electron chi connectivity index (χ2n) is 5.15. The van der Waals surface area contributed by atoms with Crippen LogP contribution < -0.4 is 11.1 Å². The number of nitrogens with two attached hydrogens (primary N) is 1. The highest BCUT2D eigenvalue weighted by Gasteiger charge is 2.40. The molecule has 0 unspecified atom stereocenters.